The molecule has 3 aromatic heterocycles. The molecule has 3 aliphatic rings. The average molecular weight is 881 g/mol. The maximum Gasteiger partial charge on any atom is 0.324 e. The quantitative estimate of drug-likeness (QED) is 0.168. The van der Waals surface area contributed by atoms with Crippen LogP contribution in [0.25, 0.3) is 33.4 Å². The number of cyclic esters (lactones) is 1. The van der Waals surface area contributed by atoms with Crippen LogP contribution in [0.3, 0.4) is 0 Å². The van der Waals surface area contributed by atoms with Gasteiger partial charge in [-0.05, 0) is 74.4 Å². The second kappa shape index (κ2) is 18.7. The van der Waals surface area contributed by atoms with Crippen LogP contribution in [-0.2, 0) is 53.3 Å². The van der Waals surface area contributed by atoms with Crippen LogP contribution in [0.1, 0.15) is 76.3 Å². The first-order valence-electron chi connectivity index (χ1n) is 21.8. The van der Waals surface area contributed by atoms with Crippen molar-refractivity contribution < 1.29 is 33.4 Å². The van der Waals surface area contributed by atoms with Crippen molar-refractivity contribution in [2.75, 3.05) is 40.4 Å². The summed E-state index contributed by atoms with van der Waals surface area (Å²) in [4.78, 5) is 81.7. The number of ether oxygens (including phenoxy) is 2. The lowest BCUT2D eigenvalue weighted by atomic mass is 9.84. The number of esters is 1. The van der Waals surface area contributed by atoms with Crippen LogP contribution < -0.4 is 10.7 Å². The summed E-state index contributed by atoms with van der Waals surface area (Å²) >= 11 is 1.40. The van der Waals surface area contributed by atoms with Crippen LogP contribution in [-0.4, -0.2) is 117 Å². The lowest BCUT2D eigenvalue weighted by Crippen LogP contribution is -2.62. The molecule has 5 atom stereocenters. The van der Waals surface area contributed by atoms with E-state index in [1.807, 2.05) is 38.3 Å². The van der Waals surface area contributed by atoms with Crippen molar-refractivity contribution in [3.8, 4) is 22.5 Å². The number of pyridine rings is 1. The first kappa shape index (κ1) is 45.6. The van der Waals surface area contributed by atoms with Crippen LogP contribution in [0.2, 0.25) is 0 Å². The molecule has 4 aromatic rings. The number of likely N-dealkylation sites (N-methyl/N-ethyl adjacent to an activating group) is 1. The monoisotopic (exact) mass is 880 g/mol. The average Bonchev–Trinajstić information content (AvgIpc) is 4.02. The fourth-order valence-corrected chi connectivity index (χ4v) is 10.1. The maximum absolute atomic E-state index is 14.6. The molecular formula is C47H60N8O7S. The van der Waals surface area contributed by atoms with Gasteiger partial charge >= 0.3 is 5.97 Å². The van der Waals surface area contributed by atoms with E-state index in [-0.39, 0.29) is 43.4 Å². The third-order valence-electron chi connectivity index (χ3n) is 12.7. The summed E-state index contributed by atoms with van der Waals surface area (Å²) in [6.45, 7) is 14.5. The number of hydrazine groups is 1. The van der Waals surface area contributed by atoms with Gasteiger partial charge in [0.15, 0.2) is 0 Å². The highest BCUT2D eigenvalue weighted by molar-refractivity contribution is 7.10. The predicted octanol–water partition coefficient (Wildman–Crippen LogP) is 5.24. The third-order valence-corrected chi connectivity index (χ3v) is 13.5. The number of methoxy groups -OCH3 is 1. The maximum atomic E-state index is 14.6. The van der Waals surface area contributed by atoms with Gasteiger partial charge < -0.3 is 29.2 Å². The number of aromatic nitrogens is 3. The molecule has 2 fully saturated rings. The molecule has 7 rings (SSSR count). The van der Waals surface area contributed by atoms with Crippen molar-refractivity contribution in [1.82, 2.24) is 40.1 Å². The zero-order chi connectivity index (χ0) is 45.3. The third kappa shape index (κ3) is 9.43. The molecule has 3 aliphatic heterocycles. The molecule has 0 radical (unpaired) electrons. The largest absolute Gasteiger partial charge is 0.464 e. The van der Waals surface area contributed by atoms with E-state index in [0.29, 0.717) is 43.8 Å². The van der Waals surface area contributed by atoms with Gasteiger partial charge in [-0.3, -0.25) is 34.0 Å². The second-order valence-electron chi connectivity index (χ2n) is 18.2. The summed E-state index contributed by atoms with van der Waals surface area (Å²) in [5.41, 5.74) is 9.11. The molecule has 0 saturated carbocycles. The number of thiazole rings is 1. The van der Waals surface area contributed by atoms with Crippen molar-refractivity contribution >= 4 is 51.8 Å². The number of carbonyl (C=O) groups excluding carboxylic acids is 5. The number of nitrogens with one attached hydrogen (secondary N) is 2. The Bertz CT molecular complexity index is 2410. The van der Waals surface area contributed by atoms with Crippen LogP contribution in [0.4, 0.5) is 0 Å². The van der Waals surface area contributed by atoms with Gasteiger partial charge in [0.2, 0.25) is 17.7 Å². The molecule has 336 valence electrons. The lowest BCUT2D eigenvalue weighted by Gasteiger charge is -2.36. The van der Waals surface area contributed by atoms with Gasteiger partial charge in [-0.1, -0.05) is 40.3 Å². The van der Waals surface area contributed by atoms with Crippen molar-refractivity contribution in [3.05, 3.63) is 70.8 Å². The van der Waals surface area contributed by atoms with Crippen molar-refractivity contribution in [2.45, 2.75) is 91.0 Å². The fraction of sp³-hybridized carbons (Fsp3) is 0.511. The normalized spacial score (nSPS) is 21.4. The highest BCUT2D eigenvalue weighted by atomic mass is 32.1. The van der Waals surface area contributed by atoms with E-state index in [9.17, 15) is 24.0 Å². The SMILES string of the molecule is C=CC(=O)N1CC[C@H](C(=O)N(C)C(C(=O)N[C@H]2Cc3nc(cs3)-c3ccc4c(c3)c(c(-c3cccnc3[C@H](C)OC)n4C)CC(C)(C)COC(=O)[C@@H]3CCCN(N3)C2=O)C(C)C)C1. The number of likely N-dealkylation sites (tertiary alicyclic amines) is 1. The first-order valence-corrected chi connectivity index (χ1v) is 22.7. The number of nitrogens with zero attached hydrogens (tertiary/aromatic N) is 6. The highest BCUT2D eigenvalue weighted by Gasteiger charge is 2.40. The molecule has 4 amide bonds. The van der Waals surface area contributed by atoms with E-state index >= 15 is 0 Å². The van der Waals surface area contributed by atoms with E-state index in [0.717, 1.165) is 44.7 Å². The Morgan fingerprint density at radius 2 is 1.92 bits per heavy atom. The zero-order valence-corrected chi connectivity index (χ0v) is 38.4. The Hall–Kier alpha value is -5.45. The van der Waals surface area contributed by atoms with Gasteiger partial charge in [-0.25, -0.2) is 10.4 Å². The minimum atomic E-state index is -1.08. The number of rotatable bonds is 9. The van der Waals surface area contributed by atoms with Gasteiger partial charge in [0.25, 0.3) is 5.91 Å². The molecule has 2 N–H and O–H groups in total. The summed E-state index contributed by atoms with van der Waals surface area (Å²) in [6.07, 6.45) is 4.88. The molecule has 1 aromatic carbocycles. The second-order valence-corrected chi connectivity index (χ2v) is 19.1. The summed E-state index contributed by atoms with van der Waals surface area (Å²) in [6, 6.07) is 7.51. The van der Waals surface area contributed by atoms with Gasteiger partial charge in [-0.15, -0.1) is 11.3 Å². The van der Waals surface area contributed by atoms with Gasteiger partial charge in [-0.2, -0.15) is 0 Å². The van der Waals surface area contributed by atoms with Crippen LogP contribution in [0.15, 0.2) is 54.6 Å². The van der Waals surface area contributed by atoms with Crippen LogP contribution >= 0.6 is 11.3 Å². The smallest absolute Gasteiger partial charge is 0.324 e. The van der Waals surface area contributed by atoms with Crippen LogP contribution in [0, 0.1) is 17.3 Å². The number of hydrogen-bond acceptors (Lipinski definition) is 11. The minimum Gasteiger partial charge on any atom is -0.464 e. The summed E-state index contributed by atoms with van der Waals surface area (Å²) < 4.78 is 14.0. The minimum absolute atomic E-state index is 0.0743. The molecule has 1 unspecified atom stereocenters. The van der Waals surface area contributed by atoms with E-state index in [2.05, 4.69) is 61.0 Å². The Labute approximate surface area is 373 Å². The van der Waals surface area contributed by atoms with E-state index < -0.39 is 47.2 Å². The molecule has 63 heavy (non-hydrogen) atoms. The summed E-state index contributed by atoms with van der Waals surface area (Å²) in [5, 5.41) is 8.05. The number of fused-ring (bicyclic) bond motifs is 6. The number of carbonyl (C=O) groups is 5. The number of benzene rings is 1. The van der Waals surface area contributed by atoms with Gasteiger partial charge in [0.1, 0.15) is 18.1 Å². The Morgan fingerprint density at radius 1 is 1.14 bits per heavy atom. The van der Waals surface area contributed by atoms with E-state index in [4.69, 9.17) is 19.4 Å². The van der Waals surface area contributed by atoms with Crippen LogP contribution in [0.5, 0.6) is 0 Å². The van der Waals surface area contributed by atoms with E-state index in [1.54, 1.807) is 25.3 Å². The fourth-order valence-electron chi connectivity index (χ4n) is 9.27. The molecule has 16 heteroatoms. The van der Waals surface area contributed by atoms with Gasteiger partial charge in [0, 0.05) is 86.3 Å². The lowest BCUT2D eigenvalue weighted by molar-refractivity contribution is -0.155. The number of aryl methyl sites for hydroxylation is 1. The Balaban J connectivity index is 1.26. The summed E-state index contributed by atoms with van der Waals surface area (Å²) in [5.74, 6) is -2.64. The van der Waals surface area contributed by atoms with Crippen molar-refractivity contribution in [1.29, 1.82) is 0 Å². The van der Waals surface area contributed by atoms with Gasteiger partial charge in [0.05, 0.1) is 40.7 Å². The first-order chi connectivity index (χ1) is 30.0. The highest BCUT2D eigenvalue weighted by Crippen LogP contribution is 2.41. The topological polar surface area (TPSA) is 168 Å². The van der Waals surface area contributed by atoms with E-state index in [1.165, 1.54) is 27.3 Å². The Morgan fingerprint density at radius 3 is 2.65 bits per heavy atom. The Kier molecular flexibility index (Phi) is 13.5. The molecule has 6 heterocycles. The number of amides is 4. The molecule has 6 bridgehead atoms. The molecule has 15 nitrogen and oxygen atoms in total. The predicted molar refractivity (Wildman–Crippen MR) is 241 cm³/mol. The standard InChI is InChI=1S/C47H60N8O7S/c1-10-39(56)54-20-17-30(24-54)44(58)53(8)41(27(2)3)43(57)50-35-22-38-49-36(25-63-38)29-15-16-37-32(21-29)33(42(52(37)7)31-13-11-18-48-40(31)28(4)61-9)23-47(5,6)26-62-46(60)34-14-12-19-55(51-34)45(35)59/h10-11,13,15-16,18,21,25,27-28,30,34-35,41,51H,1,12,14,17,19-20,22-24,26H2,2-9H3,(H,50,57)/t28-,30-,34-,35-,41?/m0/s1. The van der Waals surface area contributed by atoms with Crippen molar-refractivity contribution in [2.24, 2.45) is 24.3 Å². The molecule has 0 aliphatic carbocycles. The summed E-state index contributed by atoms with van der Waals surface area (Å²) in [7, 11) is 5.32. The molecule has 2 saturated heterocycles. The molecular weight excluding hydrogens is 821 g/mol. The van der Waals surface area contributed by atoms with Crippen molar-refractivity contribution in [3.63, 3.8) is 0 Å². The zero-order valence-electron chi connectivity index (χ0n) is 37.6. The number of hydrogen-bond donors (Lipinski definition) is 2. The molecule has 0 spiro atoms.